The fourth-order valence-corrected chi connectivity index (χ4v) is 3.90. The number of rotatable bonds is 21. The summed E-state index contributed by atoms with van der Waals surface area (Å²) in [6, 6.07) is 0. The molecule has 0 aliphatic rings. The lowest BCUT2D eigenvalue weighted by Gasteiger charge is -2.30. The Morgan fingerprint density at radius 3 is 1.43 bits per heavy atom. The van der Waals surface area contributed by atoms with Gasteiger partial charge in [-0.05, 0) is 6.42 Å². The van der Waals surface area contributed by atoms with Gasteiger partial charge in [0, 0.05) is 12.8 Å². The van der Waals surface area contributed by atoms with Crippen LogP contribution in [0.3, 0.4) is 0 Å². The molecule has 0 aromatic carbocycles. The van der Waals surface area contributed by atoms with E-state index < -0.39 is 11.9 Å². The Morgan fingerprint density at radius 1 is 0.733 bits per heavy atom. The van der Waals surface area contributed by atoms with Crippen molar-refractivity contribution >= 4 is 23.4 Å². The van der Waals surface area contributed by atoms with E-state index in [0.717, 1.165) is 19.3 Å². The van der Waals surface area contributed by atoms with E-state index in [4.69, 9.17) is 11.6 Å². The van der Waals surface area contributed by atoms with Crippen molar-refractivity contribution in [3.05, 3.63) is 0 Å². The van der Waals surface area contributed by atoms with Crippen molar-refractivity contribution in [3.63, 3.8) is 0 Å². The fourth-order valence-electron chi connectivity index (χ4n) is 3.73. The van der Waals surface area contributed by atoms with E-state index in [1.54, 1.807) is 0 Å². The summed E-state index contributed by atoms with van der Waals surface area (Å²) in [5.74, 6) is -2.19. The van der Waals surface area contributed by atoms with Gasteiger partial charge in [-0.15, -0.1) is 0 Å². The third-order valence-electron chi connectivity index (χ3n) is 5.98. The number of alkyl halides is 1. The number of carboxylic acid groups (broad SMARTS) is 1. The van der Waals surface area contributed by atoms with E-state index in [1.165, 1.54) is 77.0 Å². The van der Waals surface area contributed by atoms with Gasteiger partial charge in [0.1, 0.15) is 11.7 Å². The Labute approximate surface area is 191 Å². The lowest BCUT2D eigenvalue weighted by Crippen LogP contribution is -2.44. The van der Waals surface area contributed by atoms with Gasteiger partial charge in [0.15, 0.2) is 5.50 Å². The maximum absolute atomic E-state index is 12.3. The van der Waals surface area contributed by atoms with Gasteiger partial charge >= 0.3 is 5.97 Å². The summed E-state index contributed by atoms with van der Waals surface area (Å²) < 4.78 is 0.442. The Bertz CT molecular complexity index is 448. The standard InChI is InChI=1S/C25H48ClNO3/c1-5-6-7-8-9-10-11-12-13-14-15-16-17-18-19-20-23(28)22(25(29)30)21-24(26)27(2,3)4/h22,24H,5-21H2,1-4H3/p+1/t22-,24+/m1/s1. The van der Waals surface area contributed by atoms with Gasteiger partial charge in [-0.25, -0.2) is 0 Å². The summed E-state index contributed by atoms with van der Waals surface area (Å²) >= 11 is 6.29. The van der Waals surface area contributed by atoms with Gasteiger partial charge in [0.25, 0.3) is 0 Å². The van der Waals surface area contributed by atoms with E-state index in [2.05, 4.69) is 6.92 Å². The highest BCUT2D eigenvalue weighted by Gasteiger charge is 2.33. The van der Waals surface area contributed by atoms with Crippen LogP contribution in [0.4, 0.5) is 0 Å². The lowest BCUT2D eigenvalue weighted by atomic mass is 9.95. The van der Waals surface area contributed by atoms with E-state index >= 15 is 0 Å². The molecule has 0 saturated carbocycles. The van der Waals surface area contributed by atoms with Crippen molar-refractivity contribution in [2.75, 3.05) is 21.1 Å². The molecule has 0 aromatic rings. The third kappa shape index (κ3) is 16.1. The molecule has 1 N–H and O–H groups in total. The molecule has 178 valence electrons. The summed E-state index contributed by atoms with van der Waals surface area (Å²) in [7, 11) is 5.74. The zero-order chi connectivity index (χ0) is 22.8. The zero-order valence-corrected chi connectivity index (χ0v) is 21.0. The molecule has 0 aliphatic heterocycles. The van der Waals surface area contributed by atoms with Gasteiger partial charge in [0.05, 0.1) is 21.1 Å². The number of carbonyl (C=O) groups is 2. The summed E-state index contributed by atoms with van der Waals surface area (Å²) in [6.07, 6.45) is 19.7. The molecule has 0 bridgehead atoms. The molecule has 0 fully saturated rings. The van der Waals surface area contributed by atoms with Gasteiger partial charge in [-0.2, -0.15) is 0 Å². The molecule has 0 aromatic heterocycles. The monoisotopic (exact) mass is 446 g/mol. The first-order valence-electron chi connectivity index (χ1n) is 12.4. The number of unbranched alkanes of at least 4 members (excludes halogenated alkanes) is 14. The number of aliphatic carboxylic acids is 1. The quantitative estimate of drug-likeness (QED) is 0.0667. The van der Waals surface area contributed by atoms with Crippen LogP contribution in [0.5, 0.6) is 0 Å². The Morgan fingerprint density at radius 2 is 1.10 bits per heavy atom. The summed E-state index contributed by atoms with van der Waals surface area (Å²) in [5.41, 5.74) is -0.379. The van der Waals surface area contributed by atoms with Crippen molar-refractivity contribution in [2.45, 2.75) is 122 Å². The summed E-state index contributed by atoms with van der Waals surface area (Å²) in [6.45, 7) is 2.26. The van der Waals surface area contributed by atoms with Crippen LogP contribution < -0.4 is 0 Å². The molecular formula is C25H49ClNO3+. The predicted octanol–water partition coefficient (Wildman–Crippen LogP) is 7.18. The van der Waals surface area contributed by atoms with Crippen molar-refractivity contribution in [2.24, 2.45) is 5.92 Å². The molecule has 0 rings (SSSR count). The van der Waals surface area contributed by atoms with Gasteiger partial charge < -0.3 is 9.59 Å². The topological polar surface area (TPSA) is 54.4 Å². The molecule has 0 amide bonds. The number of halogens is 1. The molecule has 0 saturated heterocycles. The minimum Gasteiger partial charge on any atom is -0.481 e. The number of hydrogen-bond acceptors (Lipinski definition) is 2. The minimum atomic E-state index is -1.04. The molecule has 5 heteroatoms. The molecule has 2 atom stereocenters. The Kier molecular flexibility index (Phi) is 17.6. The molecule has 0 heterocycles. The first-order valence-corrected chi connectivity index (χ1v) is 12.8. The predicted molar refractivity (Wildman–Crippen MR) is 128 cm³/mol. The summed E-state index contributed by atoms with van der Waals surface area (Å²) in [4.78, 5) is 23.8. The number of nitrogens with zero attached hydrogens (tertiary/aromatic N) is 1. The average molecular weight is 447 g/mol. The number of quaternary nitrogens is 1. The molecular weight excluding hydrogens is 398 g/mol. The second-order valence-corrected chi connectivity index (χ2v) is 10.3. The van der Waals surface area contributed by atoms with Crippen LogP contribution >= 0.6 is 11.6 Å². The second kappa shape index (κ2) is 18.0. The van der Waals surface area contributed by atoms with Crippen LogP contribution in [-0.2, 0) is 9.59 Å². The SMILES string of the molecule is CCCCCCCCCCCCCCCCCC(=O)[C@@H](C[C@@H](Cl)[N+](C)(C)C)C(=O)O. The van der Waals surface area contributed by atoms with E-state index in [1.807, 2.05) is 21.1 Å². The highest BCUT2D eigenvalue weighted by molar-refractivity contribution is 6.20. The first kappa shape index (κ1) is 29.4. The highest BCUT2D eigenvalue weighted by atomic mass is 35.5. The Hall–Kier alpha value is -0.610. The molecule has 0 unspecified atom stereocenters. The van der Waals surface area contributed by atoms with Crippen molar-refractivity contribution in [1.29, 1.82) is 0 Å². The van der Waals surface area contributed by atoms with Crippen LogP contribution in [0.1, 0.15) is 116 Å². The maximum atomic E-state index is 12.3. The zero-order valence-electron chi connectivity index (χ0n) is 20.3. The maximum Gasteiger partial charge on any atom is 0.314 e. The van der Waals surface area contributed by atoms with Crippen molar-refractivity contribution < 1.29 is 19.2 Å². The van der Waals surface area contributed by atoms with E-state index in [0.29, 0.717) is 10.9 Å². The third-order valence-corrected chi connectivity index (χ3v) is 6.75. The average Bonchev–Trinajstić information content (AvgIpc) is 2.67. The van der Waals surface area contributed by atoms with Gasteiger partial charge in [-0.3, -0.25) is 9.59 Å². The number of Topliss-reactive ketones (excluding diaryl/α,β-unsaturated/α-hetero) is 1. The van der Waals surface area contributed by atoms with Gasteiger partial charge in [0.2, 0.25) is 0 Å². The normalized spacial score (nSPS) is 13.9. The van der Waals surface area contributed by atoms with E-state index in [9.17, 15) is 14.7 Å². The van der Waals surface area contributed by atoms with E-state index in [-0.39, 0.29) is 17.7 Å². The van der Waals surface area contributed by atoms with Crippen LogP contribution in [0, 0.1) is 5.92 Å². The summed E-state index contributed by atoms with van der Waals surface area (Å²) in [5, 5.41) is 9.40. The van der Waals surface area contributed by atoms with Crippen LogP contribution in [0.15, 0.2) is 0 Å². The number of carboxylic acids is 1. The first-order chi connectivity index (χ1) is 14.2. The molecule has 0 spiro atoms. The number of ketones is 1. The molecule has 0 radical (unpaired) electrons. The minimum absolute atomic E-state index is 0.170. The molecule has 4 nitrogen and oxygen atoms in total. The van der Waals surface area contributed by atoms with Crippen molar-refractivity contribution in [1.82, 2.24) is 0 Å². The lowest BCUT2D eigenvalue weighted by molar-refractivity contribution is -0.883. The van der Waals surface area contributed by atoms with Crippen molar-refractivity contribution in [3.8, 4) is 0 Å². The largest absolute Gasteiger partial charge is 0.481 e. The second-order valence-electron chi connectivity index (χ2n) is 9.84. The number of hydrogen-bond donors (Lipinski definition) is 1. The van der Waals surface area contributed by atoms with Gasteiger partial charge in [-0.1, -0.05) is 108 Å². The molecule has 30 heavy (non-hydrogen) atoms. The Balaban J connectivity index is 3.66. The fraction of sp³-hybridized carbons (Fsp3) is 0.920. The number of carbonyl (C=O) groups excluding carboxylic acids is 1. The van der Waals surface area contributed by atoms with Crippen LogP contribution in [0.25, 0.3) is 0 Å². The van der Waals surface area contributed by atoms with Crippen LogP contribution in [0.2, 0.25) is 0 Å². The van der Waals surface area contributed by atoms with Crippen LogP contribution in [-0.4, -0.2) is 48.0 Å². The highest BCUT2D eigenvalue weighted by Crippen LogP contribution is 2.21. The molecule has 0 aliphatic carbocycles. The smallest absolute Gasteiger partial charge is 0.314 e.